The number of carbonyl (C=O) groups is 1. The number of rotatable bonds is 5. The molecule has 21 heavy (non-hydrogen) atoms. The third kappa shape index (κ3) is 3.98. The number of hydrogen-bond donors (Lipinski definition) is 1. The van der Waals surface area contributed by atoms with Crippen molar-refractivity contribution in [1.29, 1.82) is 0 Å². The molecule has 118 valence electrons. The lowest BCUT2D eigenvalue weighted by Crippen LogP contribution is -2.50. The molecule has 0 aromatic carbocycles. The van der Waals surface area contributed by atoms with E-state index in [9.17, 15) is 4.79 Å². The zero-order valence-corrected chi connectivity index (χ0v) is 13.4. The van der Waals surface area contributed by atoms with Crippen LogP contribution in [0.4, 0.5) is 5.69 Å². The van der Waals surface area contributed by atoms with Crippen LogP contribution < -0.4 is 5.73 Å². The Morgan fingerprint density at radius 1 is 1.29 bits per heavy atom. The van der Waals surface area contributed by atoms with Crippen molar-refractivity contribution in [2.75, 3.05) is 59.1 Å². The third-order valence-electron chi connectivity index (χ3n) is 4.00. The van der Waals surface area contributed by atoms with E-state index in [1.165, 1.54) is 0 Å². The van der Waals surface area contributed by atoms with Crippen LogP contribution in [-0.4, -0.2) is 78.5 Å². The molecule has 1 amide bonds. The van der Waals surface area contributed by atoms with Gasteiger partial charge in [0.25, 0.3) is 5.91 Å². The summed E-state index contributed by atoms with van der Waals surface area (Å²) in [6.45, 7) is 8.39. The monoisotopic (exact) mass is 293 g/mol. The summed E-state index contributed by atoms with van der Waals surface area (Å²) in [5, 5.41) is 0. The molecule has 2 heterocycles. The third-order valence-corrected chi connectivity index (χ3v) is 4.00. The minimum absolute atomic E-state index is 0.0980. The highest BCUT2D eigenvalue weighted by Crippen LogP contribution is 2.14. The molecule has 0 radical (unpaired) electrons. The van der Waals surface area contributed by atoms with E-state index >= 15 is 0 Å². The highest BCUT2D eigenvalue weighted by atomic mass is 16.2. The summed E-state index contributed by atoms with van der Waals surface area (Å²) in [7, 11) is 4.17. The maximum Gasteiger partial charge on any atom is 0.270 e. The molecule has 0 atom stereocenters. The Bertz CT molecular complexity index is 474. The number of nitrogen functional groups attached to an aromatic ring is 1. The first kappa shape index (κ1) is 15.9. The Morgan fingerprint density at radius 3 is 2.52 bits per heavy atom. The van der Waals surface area contributed by atoms with E-state index < -0.39 is 0 Å². The first-order valence-electron chi connectivity index (χ1n) is 7.63. The lowest BCUT2D eigenvalue weighted by atomic mass is 10.2. The smallest absolute Gasteiger partial charge is 0.270 e. The lowest BCUT2D eigenvalue weighted by molar-refractivity contribution is 0.0619. The van der Waals surface area contributed by atoms with Crippen LogP contribution in [0.25, 0.3) is 0 Å². The molecular weight excluding hydrogens is 266 g/mol. The summed E-state index contributed by atoms with van der Waals surface area (Å²) >= 11 is 0. The maximum atomic E-state index is 12.6. The topological polar surface area (TPSA) is 57.7 Å². The first-order valence-corrected chi connectivity index (χ1v) is 7.63. The van der Waals surface area contributed by atoms with Gasteiger partial charge in [0.2, 0.25) is 0 Å². The minimum Gasteiger partial charge on any atom is -0.397 e. The van der Waals surface area contributed by atoms with Gasteiger partial charge in [-0.25, -0.2) is 0 Å². The zero-order valence-electron chi connectivity index (χ0n) is 13.4. The van der Waals surface area contributed by atoms with Gasteiger partial charge in [-0.15, -0.1) is 0 Å². The van der Waals surface area contributed by atoms with Crippen LogP contribution in [0.2, 0.25) is 0 Å². The number of carbonyl (C=O) groups excluding carboxylic acids is 1. The predicted octanol–water partition coefficient (Wildman–Crippen LogP) is 0.410. The molecule has 0 saturated carbocycles. The summed E-state index contributed by atoms with van der Waals surface area (Å²) in [4.78, 5) is 19.1. The minimum atomic E-state index is 0.0980. The van der Waals surface area contributed by atoms with Crippen LogP contribution >= 0.6 is 0 Å². The van der Waals surface area contributed by atoms with Crippen molar-refractivity contribution in [2.24, 2.45) is 0 Å². The molecule has 0 bridgehead atoms. The second-order valence-corrected chi connectivity index (χ2v) is 5.88. The quantitative estimate of drug-likeness (QED) is 0.854. The number of anilines is 1. The van der Waals surface area contributed by atoms with Crippen LogP contribution in [0.5, 0.6) is 0 Å². The van der Waals surface area contributed by atoms with Crippen LogP contribution in [0.15, 0.2) is 12.3 Å². The molecule has 0 unspecified atom stereocenters. The molecule has 1 aliphatic heterocycles. The number of aromatic nitrogens is 1. The van der Waals surface area contributed by atoms with Gasteiger partial charge in [-0.05, 0) is 27.1 Å². The molecule has 0 spiro atoms. The van der Waals surface area contributed by atoms with E-state index in [2.05, 4.69) is 23.9 Å². The van der Waals surface area contributed by atoms with Crippen LogP contribution in [-0.2, 0) is 6.54 Å². The predicted molar refractivity (Wildman–Crippen MR) is 85.4 cm³/mol. The molecule has 2 N–H and O–H groups in total. The summed E-state index contributed by atoms with van der Waals surface area (Å²) in [5.74, 6) is 0.0980. The van der Waals surface area contributed by atoms with Crippen molar-refractivity contribution in [3.63, 3.8) is 0 Å². The largest absolute Gasteiger partial charge is 0.397 e. The molecule has 2 rings (SSSR count). The fourth-order valence-electron chi connectivity index (χ4n) is 2.65. The van der Waals surface area contributed by atoms with E-state index in [1.807, 2.05) is 22.6 Å². The SMILES string of the molecule is CCn1cc(N)cc1C(=O)N1CCN(CCN(C)C)CC1. The number of amides is 1. The van der Waals surface area contributed by atoms with Crippen LogP contribution in [0, 0.1) is 0 Å². The van der Waals surface area contributed by atoms with Crippen molar-refractivity contribution in [3.05, 3.63) is 18.0 Å². The second-order valence-electron chi connectivity index (χ2n) is 5.88. The number of likely N-dealkylation sites (N-methyl/N-ethyl adjacent to an activating group) is 1. The normalized spacial score (nSPS) is 16.7. The highest BCUT2D eigenvalue weighted by Gasteiger charge is 2.24. The molecule has 6 heteroatoms. The van der Waals surface area contributed by atoms with E-state index in [1.54, 1.807) is 6.07 Å². The average Bonchev–Trinajstić information content (AvgIpc) is 2.86. The maximum absolute atomic E-state index is 12.6. The average molecular weight is 293 g/mol. The number of nitrogens with zero attached hydrogens (tertiary/aromatic N) is 4. The lowest BCUT2D eigenvalue weighted by Gasteiger charge is -2.35. The summed E-state index contributed by atoms with van der Waals surface area (Å²) in [6, 6.07) is 1.78. The van der Waals surface area contributed by atoms with Gasteiger partial charge in [0.05, 0.1) is 5.69 Å². The Balaban J connectivity index is 1.91. The van der Waals surface area contributed by atoms with Crippen molar-refractivity contribution in [2.45, 2.75) is 13.5 Å². The van der Waals surface area contributed by atoms with Gasteiger partial charge in [0.1, 0.15) is 5.69 Å². The van der Waals surface area contributed by atoms with Gasteiger partial charge in [0, 0.05) is 52.0 Å². The molecule has 1 aromatic rings. The summed E-state index contributed by atoms with van der Waals surface area (Å²) in [6.07, 6.45) is 1.83. The molecular formula is C15H27N5O. The number of piperazine rings is 1. The standard InChI is InChI=1S/C15H27N5O/c1-4-19-12-13(16)11-14(19)15(21)20-9-7-18(8-10-20)6-5-17(2)3/h11-12H,4-10,16H2,1-3H3. The van der Waals surface area contributed by atoms with E-state index in [4.69, 9.17) is 5.73 Å². The van der Waals surface area contributed by atoms with Gasteiger partial charge in [-0.3, -0.25) is 9.69 Å². The molecule has 1 aromatic heterocycles. The number of nitrogens with two attached hydrogens (primary N) is 1. The first-order chi connectivity index (χ1) is 10.0. The Hall–Kier alpha value is -1.53. The van der Waals surface area contributed by atoms with Crippen molar-refractivity contribution < 1.29 is 4.79 Å². The Labute approximate surface area is 127 Å². The summed E-state index contributed by atoms with van der Waals surface area (Å²) in [5.41, 5.74) is 7.17. The van der Waals surface area contributed by atoms with E-state index in [-0.39, 0.29) is 5.91 Å². The van der Waals surface area contributed by atoms with Crippen LogP contribution in [0.1, 0.15) is 17.4 Å². The van der Waals surface area contributed by atoms with Crippen molar-refractivity contribution >= 4 is 11.6 Å². The van der Waals surface area contributed by atoms with Gasteiger partial charge in [-0.1, -0.05) is 0 Å². The van der Waals surface area contributed by atoms with Crippen molar-refractivity contribution in [1.82, 2.24) is 19.3 Å². The fraction of sp³-hybridized carbons (Fsp3) is 0.667. The van der Waals surface area contributed by atoms with Crippen molar-refractivity contribution in [3.8, 4) is 0 Å². The van der Waals surface area contributed by atoms with Gasteiger partial charge in [0.15, 0.2) is 0 Å². The van der Waals surface area contributed by atoms with Gasteiger partial charge in [-0.2, -0.15) is 0 Å². The van der Waals surface area contributed by atoms with Gasteiger partial charge < -0.3 is 20.1 Å². The molecule has 0 aliphatic carbocycles. The number of hydrogen-bond acceptors (Lipinski definition) is 4. The zero-order chi connectivity index (χ0) is 15.4. The molecule has 6 nitrogen and oxygen atoms in total. The Morgan fingerprint density at radius 2 is 1.95 bits per heavy atom. The summed E-state index contributed by atoms with van der Waals surface area (Å²) < 4.78 is 1.93. The molecule has 1 saturated heterocycles. The van der Waals surface area contributed by atoms with Gasteiger partial charge >= 0.3 is 0 Å². The molecule has 1 aliphatic rings. The molecule has 1 fully saturated rings. The van der Waals surface area contributed by atoms with E-state index in [0.29, 0.717) is 11.4 Å². The highest BCUT2D eigenvalue weighted by molar-refractivity contribution is 5.94. The fourth-order valence-corrected chi connectivity index (χ4v) is 2.65. The van der Waals surface area contributed by atoms with Crippen LogP contribution in [0.3, 0.4) is 0 Å². The Kier molecular flexibility index (Phi) is 5.25. The second kappa shape index (κ2) is 6.95. The number of aryl methyl sites for hydroxylation is 1. The van der Waals surface area contributed by atoms with E-state index in [0.717, 1.165) is 45.8 Å².